The standard InChI is InChI=1S/C17H25F2NO3/c1-5-7-10-20(12(3)6-2)16(21)13-8-9-14(23-17(18)19)15(11-13)22-4/h8-9,11-12,17H,5-7,10H2,1-4H3. The zero-order valence-electron chi connectivity index (χ0n) is 14.1. The van der Waals surface area contributed by atoms with Gasteiger partial charge in [-0.1, -0.05) is 20.3 Å². The minimum Gasteiger partial charge on any atom is -0.493 e. The first-order valence-corrected chi connectivity index (χ1v) is 7.88. The number of amides is 1. The van der Waals surface area contributed by atoms with E-state index in [1.165, 1.54) is 25.3 Å². The smallest absolute Gasteiger partial charge is 0.387 e. The van der Waals surface area contributed by atoms with Crippen molar-refractivity contribution < 1.29 is 23.0 Å². The molecule has 0 aliphatic rings. The molecule has 0 bridgehead atoms. The third-order valence-electron chi connectivity index (χ3n) is 3.76. The van der Waals surface area contributed by atoms with E-state index in [1.54, 1.807) is 0 Å². The molecule has 0 aromatic heterocycles. The van der Waals surface area contributed by atoms with E-state index in [1.807, 2.05) is 18.7 Å². The van der Waals surface area contributed by atoms with Gasteiger partial charge in [0.1, 0.15) is 0 Å². The molecular formula is C17H25F2NO3. The molecular weight excluding hydrogens is 304 g/mol. The highest BCUT2D eigenvalue weighted by atomic mass is 19.3. The van der Waals surface area contributed by atoms with Crippen LogP contribution in [0.3, 0.4) is 0 Å². The number of hydrogen-bond donors (Lipinski definition) is 0. The number of benzene rings is 1. The van der Waals surface area contributed by atoms with Crippen LogP contribution in [-0.2, 0) is 0 Å². The second-order valence-electron chi connectivity index (χ2n) is 5.35. The summed E-state index contributed by atoms with van der Waals surface area (Å²) in [5, 5.41) is 0. The monoisotopic (exact) mass is 329 g/mol. The molecule has 1 atom stereocenters. The predicted molar refractivity (Wildman–Crippen MR) is 85.3 cm³/mol. The second kappa shape index (κ2) is 9.33. The van der Waals surface area contributed by atoms with Gasteiger partial charge in [-0.25, -0.2) is 0 Å². The van der Waals surface area contributed by atoms with E-state index in [4.69, 9.17) is 4.74 Å². The van der Waals surface area contributed by atoms with Gasteiger partial charge in [0.25, 0.3) is 5.91 Å². The Hall–Kier alpha value is -1.85. The maximum absolute atomic E-state index is 12.7. The van der Waals surface area contributed by atoms with Crippen LogP contribution in [0.15, 0.2) is 18.2 Å². The van der Waals surface area contributed by atoms with Crippen molar-refractivity contribution in [3.05, 3.63) is 23.8 Å². The van der Waals surface area contributed by atoms with Crippen LogP contribution in [0.4, 0.5) is 8.78 Å². The lowest BCUT2D eigenvalue weighted by Crippen LogP contribution is -2.39. The van der Waals surface area contributed by atoms with Gasteiger partial charge in [-0.2, -0.15) is 8.78 Å². The van der Waals surface area contributed by atoms with E-state index in [9.17, 15) is 13.6 Å². The third-order valence-corrected chi connectivity index (χ3v) is 3.76. The minimum atomic E-state index is -2.94. The Bertz CT molecular complexity index is 509. The quantitative estimate of drug-likeness (QED) is 0.676. The van der Waals surface area contributed by atoms with Gasteiger partial charge < -0.3 is 14.4 Å². The first kappa shape index (κ1) is 19.2. The fourth-order valence-electron chi connectivity index (χ4n) is 2.23. The predicted octanol–water partition coefficient (Wildman–Crippen LogP) is 4.34. The number of rotatable bonds is 9. The first-order valence-electron chi connectivity index (χ1n) is 7.88. The maximum atomic E-state index is 12.7. The van der Waals surface area contributed by atoms with Crippen molar-refractivity contribution in [2.75, 3.05) is 13.7 Å². The molecule has 4 nitrogen and oxygen atoms in total. The van der Waals surface area contributed by atoms with E-state index in [2.05, 4.69) is 11.7 Å². The largest absolute Gasteiger partial charge is 0.493 e. The average Bonchev–Trinajstić information content (AvgIpc) is 2.54. The van der Waals surface area contributed by atoms with E-state index < -0.39 is 6.61 Å². The second-order valence-corrected chi connectivity index (χ2v) is 5.35. The molecule has 23 heavy (non-hydrogen) atoms. The SMILES string of the molecule is CCCCN(C(=O)c1ccc(OC(F)F)c(OC)c1)C(C)CC. The topological polar surface area (TPSA) is 38.8 Å². The molecule has 0 aliphatic carbocycles. The third kappa shape index (κ3) is 5.37. The first-order chi connectivity index (χ1) is 10.9. The van der Waals surface area contributed by atoms with Gasteiger partial charge in [0.2, 0.25) is 0 Å². The van der Waals surface area contributed by atoms with Crippen molar-refractivity contribution in [1.82, 2.24) is 4.90 Å². The van der Waals surface area contributed by atoms with Crippen molar-refractivity contribution in [3.63, 3.8) is 0 Å². The molecule has 0 aliphatic heterocycles. The summed E-state index contributed by atoms with van der Waals surface area (Å²) in [6.45, 7) is 3.82. The Morgan fingerprint density at radius 1 is 1.26 bits per heavy atom. The highest BCUT2D eigenvalue weighted by Gasteiger charge is 2.21. The Labute approximate surface area is 136 Å². The van der Waals surface area contributed by atoms with Crippen LogP contribution < -0.4 is 9.47 Å². The van der Waals surface area contributed by atoms with Crippen LogP contribution in [0.25, 0.3) is 0 Å². The summed E-state index contributed by atoms with van der Waals surface area (Å²) in [5.74, 6) is -0.0897. The van der Waals surface area contributed by atoms with Crippen LogP contribution in [-0.4, -0.2) is 37.1 Å². The molecule has 0 spiro atoms. The van der Waals surface area contributed by atoms with Gasteiger partial charge in [0, 0.05) is 18.2 Å². The van der Waals surface area contributed by atoms with Crippen molar-refractivity contribution in [3.8, 4) is 11.5 Å². The molecule has 0 heterocycles. The van der Waals surface area contributed by atoms with Crippen LogP contribution >= 0.6 is 0 Å². The number of unbranched alkanes of at least 4 members (excludes halogenated alkanes) is 1. The summed E-state index contributed by atoms with van der Waals surface area (Å²) in [6.07, 6.45) is 2.75. The Morgan fingerprint density at radius 3 is 2.48 bits per heavy atom. The lowest BCUT2D eigenvalue weighted by molar-refractivity contribution is -0.0512. The Balaban J connectivity index is 3.04. The molecule has 1 aromatic rings. The fraction of sp³-hybridized carbons (Fsp3) is 0.588. The molecule has 0 radical (unpaired) electrons. The van der Waals surface area contributed by atoms with Crippen LogP contribution in [0.1, 0.15) is 50.4 Å². The van der Waals surface area contributed by atoms with Gasteiger partial charge >= 0.3 is 6.61 Å². The molecule has 1 amide bonds. The molecule has 1 unspecified atom stereocenters. The zero-order valence-corrected chi connectivity index (χ0v) is 14.1. The molecule has 0 fully saturated rings. The number of ether oxygens (including phenoxy) is 2. The Morgan fingerprint density at radius 2 is 1.96 bits per heavy atom. The summed E-state index contributed by atoms with van der Waals surface area (Å²) < 4.78 is 34.2. The molecule has 0 N–H and O–H groups in total. The minimum absolute atomic E-state index is 0.0808. The van der Waals surface area contributed by atoms with Gasteiger partial charge in [-0.05, 0) is 38.0 Å². The number of halogens is 2. The number of methoxy groups -OCH3 is 1. The highest BCUT2D eigenvalue weighted by molar-refractivity contribution is 5.95. The Kier molecular flexibility index (Phi) is 7.78. The number of nitrogens with zero attached hydrogens (tertiary/aromatic N) is 1. The van der Waals surface area contributed by atoms with E-state index in [-0.39, 0.29) is 23.4 Å². The number of hydrogen-bond acceptors (Lipinski definition) is 3. The molecule has 0 saturated heterocycles. The molecule has 6 heteroatoms. The average molecular weight is 329 g/mol. The summed E-state index contributed by atoms with van der Waals surface area (Å²) in [7, 11) is 1.35. The summed E-state index contributed by atoms with van der Waals surface area (Å²) >= 11 is 0. The van der Waals surface area contributed by atoms with E-state index in [0.29, 0.717) is 12.1 Å². The van der Waals surface area contributed by atoms with E-state index >= 15 is 0 Å². The summed E-state index contributed by atoms with van der Waals surface area (Å²) in [6, 6.07) is 4.38. The van der Waals surface area contributed by atoms with Crippen LogP contribution in [0, 0.1) is 0 Å². The van der Waals surface area contributed by atoms with E-state index in [0.717, 1.165) is 19.3 Å². The lowest BCUT2D eigenvalue weighted by Gasteiger charge is -2.29. The number of alkyl halides is 2. The highest BCUT2D eigenvalue weighted by Crippen LogP contribution is 2.30. The molecule has 130 valence electrons. The van der Waals surface area contributed by atoms with Crippen molar-refractivity contribution in [2.45, 2.75) is 52.7 Å². The van der Waals surface area contributed by atoms with Gasteiger partial charge in [0.05, 0.1) is 7.11 Å². The van der Waals surface area contributed by atoms with Gasteiger partial charge in [-0.15, -0.1) is 0 Å². The lowest BCUT2D eigenvalue weighted by atomic mass is 10.1. The van der Waals surface area contributed by atoms with Crippen molar-refractivity contribution >= 4 is 5.91 Å². The van der Waals surface area contributed by atoms with Crippen LogP contribution in [0.2, 0.25) is 0 Å². The maximum Gasteiger partial charge on any atom is 0.387 e. The van der Waals surface area contributed by atoms with Crippen molar-refractivity contribution in [2.24, 2.45) is 0 Å². The number of carbonyl (C=O) groups excluding carboxylic acids is 1. The van der Waals surface area contributed by atoms with Crippen LogP contribution in [0.5, 0.6) is 11.5 Å². The van der Waals surface area contributed by atoms with Crippen molar-refractivity contribution in [1.29, 1.82) is 0 Å². The summed E-state index contributed by atoms with van der Waals surface area (Å²) in [5.41, 5.74) is 0.403. The normalized spacial score (nSPS) is 12.1. The molecule has 0 saturated carbocycles. The molecule has 1 aromatic carbocycles. The molecule has 1 rings (SSSR count). The fourth-order valence-corrected chi connectivity index (χ4v) is 2.23. The summed E-state index contributed by atoms with van der Waals surface area (Å²) in [4.78, 5) is 14.5. The zero-order chi connectivity index (χ0) is 17.4. The van der Waals surface area contributed by atoms with Gasteiger partial charge in [-0.3, -0.25) is 4.79 Å². The van der Waals surface area contributed by atoms with Gasteiger partial charge in [0.15, 0.2) is 11.5 Å². The number of carbonyl (C=O) groups is 1.